The number of benzene rings is 3. The zero-order valence-corrected chi connectivity index (χ0v) is 21.7. The molecule has 0 aliphatic heterocycles. The third kappa shape index (κ3) is 4.83. The summed E-state index contributed by atoms with van der Waals surface area (Å²) in [6.45, 7) is 1.36. The second-order valence-electron chi connectivity index (χ2n) is 9.78. The molecule has 0 saturated carbocycles. The molecule has 7 aromatic rings. The molecule has 4 heterocycles. The van der Waals surface area contributed by atoms with Gasteiger partial charge in [0, 0.05) is 48.2 Å². The molecule has 3 aromatic carbocycles. The first kappa shape index (κ1) is 24.7. The molecule has 3 N–H and O–H groups in total. The lowest BCUT2D eigenvalue weighted by atomic mass is 10.0. The quantitative estimate of drug-likeness (QED) is 0.206. The number of hydrogen-bond donors (Lipinski definition) is 3. The van der Waals surface area contributed by atoms with Crippen molar-refractivity contribution in [1.82, 2.24) is 35.5 Å². The number of imidazole rings is 1. The van der Waals surface area contributed by atoms with Gasteiger partial charge in [-0.15, -0.1) is 0 Å². The molecule has 9 heteroatoms. The summed E-state index contributed by atoms with van der Waals surface area (Å²) >= 11 is 0. The van der Waals surface area contributed by atoms with E-state index in [-0.39, 0.29) is 11.3 Å². The number of nitrogens with one attached hydrogen (secondary N) is 3. The van der Waals surface area contributed by atoms with Gasteiger partial charge in [-0.05, 0) is 58.7 Å². The highest BCUT2D eigenvalue weighted by Crippen LogP contribution is 2.34. The molecule has 7 rings (SSSR count). The van der Waals surface area contributed by atoms with Crippen LogP contribution in [0.4, 0.5) is 8.78 Å². The van der Waals surface area contributed by atoms with Gasteiger partial charge in [0.1, 0.15) is 17.0 Å². The van der Waals surface area contributed by atoms with Crippen LogP contribution in [0.2, 0.25) is 0 Å². The Morgan fingerprint density at radius 1 is 0.780 bits per heavy atom. The zero-order valence-electron chi connectivity index (χ0n) is 21.7. The molecule has 0 bridgehead atoms. The van der Waals surface area contributed by atoms with Crippen molar-refractivity contribution in [2.75, 3.05) is 0 Å². The Bertz CT molecular complexity index is 2010. The van der Waals surface area contributed by atoms with Crippen LogP contribution >= 0.6 is 0 Å². The fourth-order valence-electron chi connectivity index (χ4n) is 5.04. The maximum atomic E-state index is 15.3. The molecule has 41 heavy (non-hydrogen) atoms. The lowest BCUT2D eigenvalue weighted by molar-refractivity contribution is 0.628. The summed E-state index contributed by atoms with van der Waals surface area (Å²) in [5.41, 5.74) is 6.93. The molecule has 4 aromatic heterocycles. The summed E-state index contributed by atoms with van der Waals surface area (Å²) < 4.78 is 29.2. The van der Waals surface area contributed by atoms with Crippen LogP contribution in [-0.4, -0.2) is 30.1 Å². The van der Waals surface area contributed by atoms with Crippen molar-refractivity contribution in [2.45, 2.75) is 13.1 Å². The Labute approximate surface area is 233 Å². The summed E-state index contributed by atoms with van der Waals surface area (Å²) in [6.07, 6.45) is 5.15. The maximum Gasteiger partial charge on any atom is 0.178 e. The van der Waals surface area contributed by atoms with Crippen LogP contribution in [-0.2, 0) is 13.1 Å². The predicted octanol–water partition coefficient (Wildman–Crippen LogP) is 6.80. The first-order valence-corrected chi connectivity index (χ1v) is 13.1. The molecule has 200 valence electrons. The van der Waals surface area contributed by atoms with Crippen LogP contribution < -0.4 is 5.32 Å². The van der Waals surface area contributed by atoms with E-state index in [0.717, 1.165) is 23.2 Å². The Balaban J connectivity index is 1.23. The van der Waals surface area contributed by atoms with Crippen molar-refractivity contribution in [3.8, 4) is 33.8 Å². The van der Waals surface area contributed by atoms with Gasteiger partial charge >= 0.3 is 0 Å². The predicted molar refractivity (Wildman–Crippen MR) is 155 cm³/mol. The number of H-pyrrole nitrogens is 2. The third-order valence-electron chi connectivity index (χ3n) is 7.01. The number of aromatic nitrogens is 6. The van der Waals surface area contributed by atoms with E-state index in [4.69, 9.17) is 0 Å². The Morgan fingerprint density at radius 3 is 2.54 bits per heavy atom. The average Bonchev–Trinajstić information content (AvgIpc) is 3.62. The standard InChI is InChI=1S/C32H23F2N7/c33-24-8-4-7-21(12-24)25-9-10-37-31-29(25)38-32(39-31)30-26-13-22(14-27(34)28(26)40-41-30)23-11-20(17-36-18-23)16-35-15-19-5-2-1-3-6-19/h1-14,17-18,35H,15-16H2,(H,40,41)(H,37,38,39). The molecular formula is C32H23F2N7. The molecular weight excluding hydrogens is 520 g/mol. The van der Waals surface area contributed by atoms with Crippen molar-refractivity contribution in [1.29, 1.82) is 0 Å². The lowest BCUT2D eigenvalue weighted by Crippen LogP contribution is -2.12. The van der Waals surface area contributed by atoms with Crippen LogP contribution in [0.25, 0.3) is 55.8 Å². The highest BCUT2D eigenvalue weighted by Gasteiger charge is 2.18. The van der Waals surface area contributed by atoms with Gasteiger partial charge in [-0.3, -0.25) is 10.1 Å². The van der Waals surface area contributed by atoms with Crippen LogP contribution in [0.15, 0.2) is 97.5 Å². The number of halogens is 2. The summed E-state index contributed by atoms with van der Waals surface area (Å²) in [5, 5.41) is 11.2. The molecule has 0 amide bonds. The third-order valence-corrected chi connectivity index (χ3v) is 7.01. The smallest absolute Gasteiger partial charge is 0.178 e. The van der Waals surface area contributed by atoms with Crippen LogP contribution in [0.1, 0.15) is 11.1 Å². The van der Waals surface area contributed by atoms with Gasteiger partial charge in [0.05, 0.1) is 5.52 Å². The van der Waals surface area contributed by atoms with Gasteiger partial charge in [-0.2, -0.15) is 5.10 Å². The second kappa shape index (κ2) is 10.4. The first-order chi connectivity index (χ1) is 20.1. The van der Waals surface area contributed by atoms with Gasteiger partial charge in [0.25, 0.3) is 0 Å². The molecule has 0 atom stereocenters. The largest absolute Gasteiger partial charge is 0.335 e. The van der Waals surface area contributed by atoms with E-state index in [2.05, 4.69) is 47.6 Å². The molecule has 0 spiro atoms. The highest BCUT2D eigenvalue weighted by molar-refractivity contribution is 5.97. The van der Waals surface area contributed by atoms with Crippen molar-refractivity contribution < 1.29 is 8.78 Å². The van der Waals surface area contributed by atoms with Crippen LogP contribution in [0, 0.1) is 11.6 Å². The number of aromatic amines is 2. The highest BCUT2D eigenvalue weighted by atomic mass is 19.1. The van der Waals surface area contributed by atoms with E-state index in [1.807, 2.05) is 36.4 Å². The van der Waals surface area contributed by atoms with Gasteiger partial charge in [-0.25, -0.2) is 18.7 Å². The molecule has 0 radical (unpaired) electrons. The average molecular weight is 544 g/mol. The van der Waals surface area contributed by atoms with E-state index in [0.29, 0.717) is 45.7 Å². The molecule has 0 fully saturated rings. The topological polar surface area (TPSA) is 95.2 Å². The molecule has 0 aliphatic carbocycles. The normalized spacial score (nSPS) is 11.5. The van der Waals surface area contributed by atoms with Crippen LogP contribution in [0.5, 0.6) is 0 Å². The summed E-state index contributed by atoms with van der Waals surface area (Å²) in [5.74, 6) is -0.338. The minimum atomic E-state index is -0.456. The minimum Gasteiger partial charge on any atom is -0.335 e. The molecule has 0 saturated heterocycles. The van der Waals surface area contributed by atoms with Crippen molar-refractivity contribution in [3.63, 3.8) is 0 Å². The Kier molecular flexibility index (Phi) is 6.25. The minimum absolute atomic E-state index is 0.205. The van der Waals surface area contributed by atoms with E-state index >= 15 is 4.39 Å². The van der Waals surface area contributed by atoms with Gasteiger partial charge in [0.2, 0.25) is 0 Å². The monoisotopic (exact) mass is 543 g/mol. The van der Waals surface area contributed by atoms with Crippen LogP contribution in [0.3, 0.4) is 0 Å². The fraction of sp³-hybridized carbons (Fsp3) is 0.0625. The summed E-state index contributed by atoms with van der Waals surface area (Å²) in [4.78, 5) is 16.7. The number of rotatable bonds is 7. The molecule has 0 unspecified atom stereocenters. The first-order valence-electron chi connectivity index (χ1n) is 13.1. The summed E-state index contributed by atoms with van der Waals surface area (Å²) in [7, 11) is 0. The van der Waals surface area contributed by atoms with Gasteiger partial charge in [-0.1, -0.05) is 42.5 Å². The van der Waals surface area contributed by atoms with Gasteiger partial charge in [0.15, 0.2) is 17.3 Å². The summed E-state index contributed by atoms with van der Waals surface area (Å²) in [6, 6.07) is 23.7. The SMILES string of the molecule is Fc1cccc(-c2ccnc3nc(-c4[nH]nc5c(F)cc(-c6cncc(CNCc7ccccc7)c6)cc45)[nH]c23)c1. The zero-order chi connectivity index (χ0) is 27.8. The van der Waals surface area contributed by atoms with E-state index in [1.54, 1.807) is 30.7 Å². The molecule has 0 aliphatic rings. The van der Waals surface area contributed by atoms with Gasteiger partial charge < -0.3 is 10.3 Å². The Morgan fingerprint density at radius 2 is 1.66 bits per heavy atom. The van der Waals surface area contributed by atoms with E-state index in [1.165, 1.54) is 23.8 Å². The second-order valence-corrected chi connectivity index (χ2v) is 9.78. The van der Waals surface area contributed by atoms with Crippen molar-refractivity contribution >= 4 is 22.1 Å². The lowest BCUT2D eigenvalue weighted by Gasteiger charge is -2.08. The van der Waals surface area contributed by atoms with E-state index < -0.39 is 5.82 Å². The number of pyridine rings is 2. The number of nitrogens with zero attached hydrogens (tertiary/aromatic N) is 4. The number of fused-ring (bicyclic) bond motifs is 2. The van der Waals surface area contributed by atoms with Crippen molar-refractivity contribution in [3.05, 3.63) is 120 Å². The molecule has 7 nitrogen and oxygen atoms in total. The number of hydrogen-bond acceptors (Lipinski definition) is 5. The fourth-order valence-corrected chi connectivity index (χ4v) is 5.04. The van der Waals surface area contributed by atoms with Crippen molar-refractivity contribution in [2.24, 2.45) is 0 Å². The Hall–Kier alpha value is -5.28. The maximum absolute atomic E-state index is 15.3. The van der Waals surface area contributed by atoms with E-state index in [9.17, 15) is 4.39 Å².